The molecule has 15 rings (SSSR count). The molecule has 0 saturated carbocycles. The smallest absolute Gasteiger partial charge is 0.265 e. The second-order valence-electron chi connectivity index (χ2n) is 31.4. The minimum absolute atomic E-state index is 0.0484. The number of aryl methyl sites for hydroxylation is 2. The van der Waals surface area contributed by atoms with Crippen molar-refractivity contribution in [3.63, 3.8) is 0 Å². The van der Waals surface area contributed by atoms with Gasteiger partial charge in [0.2, 0.25) is 20.0 Å². The standard InChI is InChI=1S/C36H42N6O6S.C29H30BrN3O4.C29H35N3O7S2/c1-23-34(24(2)39-38-23)49(45,46)37-17-16-29(27-14-15-31(47-4)32(22-27)48-5)42-35(43)28-12-9-13-30(33(28)36(42)44)41-20-18-40(19-21-41)25(3)26-10-7-6-8-11-26;1-19(20-8-5-4-6-9-20)31-12-14-32(15-13-31)24-11-7-10-22-27(24)29(35)33(28(22)34)18-21-16-25(36-2)26(37-3)17-23(21)30;1-31(2)16-8-17-39-24-11-5-9-21-27(24)29(34)32(28(21)33)22(20-13-14-23(37-3)25(19-20)38-4)10-6-15-30-41(35,36)26-12-7-18-40-26/h6-15,22,25,29,37H,16-21H2,1-5H3,(H,38,39);4-11,16-17,19H,12-15,18H2,1-3H3;5,7,9,11-14,18-19,22,30H,6,8,10,15-17H2,1-4H3/t25-,29-;19-;22-/m111/s1. The van der Waals surface area contributed by atoms with Gasteiger partial charge in [0.05, 0.1) is 124 Å². The fourth-order valence-corrected chi connectivity index (χ4v) is 20.9. The maximum absolute atomic E-state index is 14.4. The molecule has 5 aliphatic rings. The first-order valence-corrected chi connectivity index (χ1v) is 46.5. The number of sulfonamides is 2. The Labute approximate surface area is 754 Å². The molecular weight excluding hydrogens is 1750 g/mol. The van der Waals surface area contributed by atoms with Crippen molar-refractivity contribution in [3.05, 3.63) is 258 Å². The molecule has 6 amide bonds. The molecule has 33 heteroatoms. The molecule has 5 aliphatic heterocycles. The van der Waals surface area contributed by atoms with Gasteiger partial charge in [-0.2, -0.15) is 5.10 Å². The molecule has 7 heterocycles. The lowest BCUT2D eigenvalue weighted by Gasteiger charge is -2.39. The zero-order chi connectivity index (χ0) is 90.5. The van der Waals surface area contributed by atoms with E-state index in [0.717, 1.165) is 85.0 Å². The Morgan fingerprint density at radius 2 is 0.945 bits per heavy atom. The van der Waals surface area contributed by atoms with Crippen LogP contribution in [0.4, 0.5) is 11.4 Å². The van der Waals surface area contributed by atoms with Crippen LogP contribution in [-0.4, -0.2) is 227 Å². The van der Waals surface area contributed by atoms with E-state index in [-0.39, 0.29) is 64.1 Å². The van der Waals surface area contributed by atoms with Crippen LogP contribution < -0.4 is 52.4 Å². The summed E-state index contributed by atoms with van der Waals surface area (Å²) in [5.74, 6) is 1.09. The maximum atomic E-state index is 14.4. The van der Waals surface area contributed by atoms with Crippen molar-refractivity contribution in [2.24, 2.45) is 0 Å². The number of halogens is 1. The number of benzene rings is 8. The highest BCUT2D eigenvalue weighted by Gasteiger charge is 2.46. The molecule has 670 valence electrons. The number of anilines is 2. The monoisotopic (exact) mass is 1850 g/mol. The highest BCUT2D eigenvalue weighted by atomic mass is 79.9. The molecule has 2 aromatic heterocycles. The average molecular weight is 1850 g/mol. The first kappa shape index (κ1) is 93.1. The molecule has 8 aromatic carbocycles. The molecule has 0 bridgehead atoms. The third-order valence-electron chi connectivity index (χ3n) is 23.6. The van der Waals surface area contributed by atoms with E-state index in [4.69, 9.17) is 33.2 Å². The third kappa shape index (κ3) is 20.4. The van der Waals surface area contributed by atoms with E-state index >= 15 is 0 Å². The first-order valence-electron chi connectivity index (χ1n) is 41.9. The summed E-state index contributed by atoms with van der Waals surface area (Å²) >= 11 is 4.68. The molecule has 0 aliphatic carbocycles. The quantitative estimate of drug-likeness (QED) is 0.0249. The van der Waals surface area contributed by atoms with Gasteiger partial charge in [0, 0.05) is 88.5 Å². The fourth-order valence-electron chi connectivity index (χ4n) is 16.9. The summed E-state index contributed by atoms with van der Waals surface area (Å²) in [6, 6.07) is 53.2. The van der Waals surface area contributed by atoms with E-state index in [1.165, 1.54) is 54.3 Å². The van der Waals surface area contributed by atoms with E-state index in [2.05, 4.69) is 118 Å². The molecular formula is C94H107BrN12O17S3. The molecule has 0 spiro atoms. The summed E-state index contributed by atoms with van der Waals surface area (Å²) in [4.78, 5) is 98.3. The summed E-state index contributed by atoms with van der Waals surface area (Å²) in [5, 5.41) is 8.42. The van der Waals surface area contributed by atoms with Crippen molar-refractivity contribution in [2.75, 3.05) is 145 Å². The summed E-state index contributed by atoms with van der Waals surface area (Å²) in [5.41, 5.74) is 9.08. The van der Waals surface area contributed by atoms with E-state index in [1.807, 2.05) is 55.4 Å². The van der Waals surface area contributed by atoms with Gasteiger partial charge in [-0.3, -0.25) is 58.4 Å². The number of carbonyl (C=O) groups is 6. The third-order valence-corrected chi connectivity index (χ3v) is 28.9. The summed E-state index contributed by atoms with van der Waals surface area (Å²) in [7, 11) is 5.59. The number of nitrogens with one attached hydrogen (secondary N) is 3. The van der Waals surface area contributed by atoms with Crippen LogP contribution in [0.3, 0.4) is 0 Å². The second kappa shape index (κ2) is 41.5. The number of imide groups is 3. The van der Waals surface area contributed by atoms with E-state index in [9.17, 15) is 45.6 Å². The van der Waals surface area contributed by atoms with Gasteiger partial charge >= 0.3 is 0 Å². The zero-order valence-corrected chi connectivity index (χ0v) is 77.3. The van der Waals surface area contributed by atoms with Crippen LogP contribution in [0.15, 0.2) is 195 Å². The number of hydrogen-bond donors (Lipinski definition) is 3. The van der Waals surface area contributed by atoms with E-state index in [1.54, 1.807) is 124 Å². The van der Waals surface area contributed by atoms with Gasteiger partial charge < -0.3 is 47.9 Å². The van der Waals surface area contributed by atoms with Gasteiger partial charge in [0.25, 0.3) is 35.4 Å². The van der Waals surface area contributed by atoms with E-state index in [0.29, 0.717) is 124 Å². The molecule has 0 unspecified atom stereocenters. The lowest BCUT2D eigenvalue weighted by atomic mass is 9.99. The Bertz CT molecular complexity index is 5850. The number of thiophene rings is 1. The molecule has 29 nitrogen and oxygen atoms in total. The number of nitrogens with zero attached hydrogens (tertiary/aromatic N) is 9. The molecule has 4 atom stereocenters. The SMILES string of the molecule is COc1cc(Br)c(CN2C(=O)c3cccc(N4CCN([C@H](C)c5ccccc5)CC4)c3C2=O)cc1OC.COc1ccc([C@@H](CCCNS(=O)(=O)c2cccs2)N2C(=O)c3cccc(OCCCN(C)C)c3C2=O)cc1OC.COc1ccc([C@@H](CCNS(=O)(=O)c2c(C)n[nH]c2C)N2C(=O)c3cccc(N4CCN([C@H](C)c5ccccc5)CC4)c3C2=O)cc1OC. The van der Waals surface area contributed by atoms with E-state index < -0.39 is 55.8 Å². The lowest BCUT2D eigenvalue weighted by Crippen LogP contribution is -2.47. The van der Waals surface area contributed by atoms with Crippen LogP contribution in [0.5, 0.6) is 40.2 Å². The van der Waals surface area contributed by atoms with Crippen molar-refractivity contribution < 1.29 is 78.8 Å². The normalized spacial score (nSPS) is 15.7. The number of ether oxygens (including phenoxy) is 7. The topological polar surface area (TPSA) is 314 Å². The second-order valence-corrected chi connectivity index (χ2v) is 36.9. The minimum Gasteiger partial charge on any atom is -0.493 e. The summed E-state index contributed by atoms with van der Waals surface area (Å²) in [6.07, 6.45) is 1.55. The lowest BCUT2D eigenvalue weighted by molar-refractivity contribution is 0.0557. The van der Waals surface area contributed by atoms with Gasteiger partial charge in [-0.05, 0) is 180 Å². The zero-order valence-electron chi connectivity index (χ0n) is 73.2. The molecule has 2 saturated heterocycles. The number of fused-ring (bicyclic) bond motifs is 3. The highest BCUT2D eigenvalue weighted by Crippen LogP contribution is 2.45. The number of hydrogen-bond acceptors (Lipinski definition) is 24. The van der Waals surface area contributed by atoms with Crippen molar-refractivity contribution in [1.29, 1.82) is 0 Å². The number of amides is 6. The Morgan fingerprint density at radius 3 is 1.44 bits per heavy atom. The van der Waals surface area contributed by atoms with Crippen LogP contribution in [0.2, 0.25) is 0 Å². The Hall–Kier alpha value is -11.5. The number of carbonyl (C=O) groups excluding carboxylic acids is 6. The van der Waals surface area contributed by atoms with Crippen LogP contribution in [0.25, 0.3) is 0 Å². The van der Waals surface area contributed by atoms with Crippen LogP contribution in [0.1, 0.15) is 165 Å². The molecule has 10 aromatic rings. The van der Waals surface area contributed by atoms with Crippen molar-refractivity contribution >= 4 is 94.1 Å². The predicted molar refractivity (Wildman–Crippen MR) is 489 cm³/mol. The van der Waals surface area contributed by atoms with Crippen LogP contribution in [0, 0.1) is 13.8 Å². The molecule has 2 fully saturated rings. The predicted octanol–water partition coefficient (Wildman–Crippen LogP) is 14.0. The van der Waals surface area contributed by atoms with Gasteiger partial charge in [-0.1, -0.05) is 113 Å². The van der Waals surface area contributed by atoms with Crippen molar-refractivity contribution in [1.82, 2.24) is 49.0 Å². The average Bonchev–Trinajstić information content (AvgIpc) is 1.57. The van der Waals surface area contributed by atoms with Gasteiger partial charge in [-0.25, -0.2) is 26.3 Å². The van der Waals surface area contributed by atoms with Gasteiger partial charge in [0.1, 0.15) is 14.9 Å². The number of H-pyrrole nitrogens is 1. The Morgan fingerprint density at radius 1 is 0.472 bits per heavy atom. The molecule has 0 radical (unpaired) electrons. The summed E-state index contributed by atoms with van der Waals surface area (Å²) in [6.45, 7) is 15.5. The number of methoxy groups -OCH3 is 6. The van der Waals surface area contributed by atoms with Crippen LogP contribution >= 0.6 is 27.3 Å². The van der Waals surface area contributed by atoms with Gasteiger partial charge in [-0.15, -0.1) is 11.3 Å². The van der Waals surface area contributed by atoms with Gasteiger partial charge in [0.15, 0.2) is 34.5 Å². The van der Waals surface area contributed by atoms with Crippen molar-refractivity contribution in [3.8, 4) is 40.2 Å². The number of piperazine rings is 2. The number of aromatic amines is 1. The number of aromatic nitrogens is 2. The first-order chi connectivity index (χ1) is 61.1. The van der Waals surface area contributed by atoms with Crippen molar-refractivity contribution in [2.45, 2.75) is 93.2 Å². The number of rotatable bonds is 34. The Kier molecular flexibility index (Phi) is 30.4. The maximum Gasteiger partial charge on any atom is 0.265 e. The fraction of sp³-hybridized carbons (Fsp3) is 0.351. The highest BCUT2D eigenvalue weighted by molar-refractivity contribution is 9.10. The molecule has 127 heavy (non-hydrogen) atoms. The summed E-state index contributed by atoms with van der Waals surface area (Å²) < 4.78 is 96.5. The largest absolute Gasteiger partial charge is 0.493 e. The molecule has 3 N–H and O–H groups in total. The Balaban J connectivity index is 0.000000165. The minimum atomic E-state index is -3.92. The van der Waals surface area contributed by atoms with Crippen LogP contribution in [-0.2, 0) is 26.6 Å².